The van der Waals surface area contributed by atoms with E-state index in [2.05, 4.69) is 21.2 Å². The SMILES string of the molecule is COc1ccc(Br)cc1C=CC(=O)NC(C)(C)C(=O)O. The molecular formula is C14H16BrNO4. The number of ether oxygens (including phenoxy) is 1. The second-order valence-electron chi connectivity index (χ2n) is 4.64. The molecule has 0 fully saturated rings. The Morgan fingerprint density at radius 3 is 2.60 bits per heavy atom. The summed E-state index contributed by atoms with van der Waals surface area (Å²) in [5, 5.41) is 11.3. The molecule has 0 saturated heterocycles. The lowest BCUT2D eigenvalue weighted by Crippen LogP contribution is -2.49. The predicted octanol–water partition coefficient (Wildman–Crippen LogP) is 2.45. The number of methoxy groups -OCH3 is 1. The lowest BCUT2D eigenvalue weighted by molar-refractivity contribution is -0.145. The van der Waals surface area contributed by atoms with Crippen LogP contribution in [-0.2, 0) is 9.59 Å². The minimum atomic E-state index is -1.32. The van der Waals surface area contributed by atoms with Crippen molar-refractivity contribution < 1.29 is 19.4 Å². The summed E-state index contributed by atoms with van der Waals surface area (Å²) in [7, 11) is 1.54. The van der Waals surface area contributed by atoms with Gasteiger partial charge in [0.15, 0.2) is 0 Å². The average molecular weight is 342 g/mol. The molecule has 0 aliphatic heterocycles. The molecule has 0 unspecified atom stereocenters. The standard InChI is InChI=1S/C14H16BrNO4/c1-14(2,13(18)19)16-12(17)7-4-9-8-10(15)5-6-11(9)20-3/h4-8H,1-3H3,(H,16,17)(H,18,19). The van der Waals surface area contributed by atoms with Crippen LogP contribution in [0.4, 0.5) is 0 Å². The summed E-state index contributed by atoms with van der Waals surface area (Å²) in [6, 6.07) is 5.39. The molecule has 1 rings (SSSR count). The first kappa shape index (κ1) is 16.2. The summed E-state index contributed by atoms with van der Waals surface area (Å²) < 4.78 is 6.02. The number of hydrogen-bond donors (Lipinski definition) is 2. The van der Waals surface area contributed by atoms with E-state index >= 15 is 0 Å². The molecule has 0 atom stereocenters. The normalized spacial score (nSPS) is 11.4. The van der Waals surface area contributed by atoms with Gasteiger partial charge in [0, 0.05) is 16.1 Å². The van der Waals surface area contributed by atoms with E-state index in [1.54, 1.807) is 18.2 Å². The van der Waals surface area contributed by atoms with Crippen LogP contribution in [0.1, 0.15) is 19.4 Å². The van der Waals surface area contributed by atoms with Crippen molar-refractivity contribution in [1.82, 2.24) is 5.32 Å². The molecule has 0 aromatic heterocycles. The van der Waals surface area contributed by atoms with Crippen LogP contribution >= 0.6 is 15.9 Å². The maximum atomic E-state index is 11.7. The molecule has 5 nitrogen and oxygen atoms in total. The number of amides is 1. The van der Waals surface area contributed by atoms with Gasteiger partial charge in [-0.1, -0.05) is 15.9 Å². The monoisotopic (exact) mass is 341 g/mol. The van der Waals surface area contributed by atoms with E-state index in [1.807, 2.05) is 6.07 Å². The van der Waals surface area contributed by atoms with Crippen molar-refractivity contribution in [2.45, 2.75) is 19.4 Å². The maximum absolute atomic E-state index is 11.7. The van der Waals surface area contributed by atoms with Crippen molar-refractivity contribution in [3.8, 4) is 5.75 Å². The third-order valence-electron chi connectivity index (χ3n) is 2.58. The number of hydrogen-bond acceptors (Lipinski definition) is 3. The number of benzene rings is 1. The molecule has 1 amide bonds. The first-order valence-electron chi connectivity index (χ1n) is 5.83. The lowest BCUT2D eigenvalue weighted by atomic mass is 10.1. The number of carbonyl (C=O) groups excluding carboxylic acids is 1. The van der Waals surface area contributed by atoms with E-state index in [4.69, 9.17) is 9.84 Å². The highest BCUT2D eigenvalue weighted by molar-refractivity contribution is 9.10. The average Bonchev–Trinajstić information content (AvgIpc) is 2.35. The van der Waals surface area contributed by atoms with E-state index in [0.29, 0.717) is 11.3 Å². The molecule has 0 saturated carbocycles. The number of rotatable bonds is 5. The second-order valence-corrected chi connectivity index (χ2v) is 5.55. The molecule has 108 valence electrons. The van der Waals surface area contributed by atoms with E-state index in [1.165, 1.54) is 27.0 Å². The van der Waals surface area contributed by atoms with Gasteiger partial charge < -0.3 is 15.2 Å². The van der Waals surface area contributed by atoms with Gasteiger partial charge in [0.2, 0.25) is 5.91 Å². The van der Waals surface area contributed by atoms with Gasteiger partial charge in [0.1, 0.15) is 11.3 Å². The van der Waals surface area contributed by atoms with Gasteiger partial charge in [0.05, 0.1) is 7.11 Å². The largest absolute Gasteiger partial charge is 0.496 e. The van der Waals surface area contributed by atoms with Gasteiger partial charge in [-0.05, 0) is 38.1 Å². The summed E-state index contributed by atoms with van der Waals surface area (Å²) >= 11 is 3.33. The highest BCUT2D eigenvalue weighted by Gasteiger charge is 2.27. The van der Waals surface area contributed by atoms with Gasteiger partial charge >= 0.3 is 5.97 Å². The van der Waals surface area contributed by atoms with E-state index < -0.39 is 17.4 Å². The fraction of sp³-hybridized carbons (Fsp3) is 0.286. The molecule has 0 spiro atoms. The van der Waals surface area contributed by atoms with Crippen LogP contribution in [0.5, 0.6) is 5.75 Å². The Morgan fingerprint density at radius 1 is 1.40 bits per heavy atom. The molecule has 0 bridgehead atoms. The third-order valence-corrected chi connectivity index (χ3v) is 3.07. The van der Waals surface area contributed by atoms with Crippen LogP contribution in [0.3, 0.4) is 0 Å². The van der Waals surface area contributed by atoms with Crippen molar-refractivity contribution in [1.29, 1.82) is 0 Å². The number of halogens is 1. The Bertz CT molecular complexity index is 552. The zero-order chi connectivity index (χ0) is 15.3. The van der Waals surface area contributed by atoms with E-state index in [0.717, 1.165) is 4.47 Å². The van der Waals surface area contributed by atoms with Crippen molar-refractivity contribution in [2.24, 2.45) is 0 Å². The zero-order valence-corrected chi connectivity index (χ0v) is 13.0. The predicted molar refractivity (Wildman–Crippen MR) is 79.6 cm³/mol. The number of nitrogens with one attached hydrogen (secondary N) is 1. The quantitative estimate of drug-likeness (QED) is 0.806. The highest BCUT2D eigenvalue weighted by Crippen LogP contribution is 2.24. The number of carboxylic acid groups (broad SMARTS) is 1. The summed E-state index contributed by atoms with van der Waals surface area (Å²) in [4.78, 5) is 22.6. The second kappa shape index (κ2) is 6.56. The Morgan fingerprint density at radius 2 is 2.05 bits per heavy atom. The molecule has 20 heavy (non-hydrogen) atoms. The molecular weight excluding hydrogens is 326 g/mol. The lowest BCUT2D eigenvalue weighted by Gasteiger charge is -2.19. The molecule has 2 N–H and O–H groups in total. The fourth-order valence-electron chi connectivity index (χ4n) is 1.40. The number of aliphatic carboxylic acids is 1. The van der Waals surface area contributed by atoms with Crippen LogP contribution in [0.25, 0.3) is 6.08 Å². The van der Waals surface area contributed by atoms with Gasteiger partial charge in [0.25, 0.3) is 0 Å². The van der Waals surface area contributed by atoms with Crippen molar-refractivity contribution in [3.63, 3.8) is 0 Å². The van der Waals surface area contributed by atoms with Crippen LogP contribution in [0.15, 0.2) is 28.7 Å². The van der Waals surface area contributed by atoms with Crippen LogP contribution in [0.2, 0.25) is 0 Å². The van der Waals surface area contributed by atoms with Gasteiger partial charge in [-0.15, -0.1) is 0 Å². The Hall–Kier alpha value is -1.82. The van der Waals surface area contributed by atoms with Crippen LogP contribution in [-0.4, -0.2) is 29.6 Å². The topological polar surface area (TPSA) is 75.6 Å². The number of carboxylic acids is 1. The highest BCUT2D eigenvalue weighted by atomic mass is 79.9. The molecule has 0 aliphatic rings. The Balaban J connectivity index is 2.85. The molecule has 1 aromatic rings. The summed E-state index contributed by atoms with van der Waals surface area (Å²) in [6.45, 7) is 2.83. The summed E-state index contributed by atoms with van der Waals surface area (Å²) in [6.07, 6.45) is 2.84. The molecule has 0 heterocycles. The molecule has 6 heteroatoms. The van der Waals surface area contributed by atoms with E-state index in [9.17, 15) is 9.59 Å². The van der Waals surface area contributed by atoms with Gasteiger partial charge in [-0.25, -0.2) is 4.79 Å². The van der Waals surface area contributed by atoms with E-state index in [-0.39, 0.29) is 0 Å². The van der Waals surface area contributed by atoms with Crippen molar-refractivity contribution >= 4 is 33.9 Å². The van der Waals surface area contributed by atoms with Gasteiger partial charge in [-0.2, -0.15) is 0 Å². The van der Waals surface area contributed by atoms with Gasteiger partial charge in [-0.3, -0.25) is 4.79 Å². The number of carbonyl (C=O) groups is 2. The zero-order valence-electron chi connectivity index (χ0n) is 11.4. The van der Waals surface area contributed by atoms with Crippen LogP contribution in [0, 0.1) is 0 Å². The molecule has 0 aliphatic carbocycles. The first-order chi connectivity index (χ1) is 9.26. The van der Waals surface area contributed by atoms with Crippen molar-refractivity contribution in [2.75, 3.05) is 7.11 Å². The summed E-state index contributed by atoms with van der Waals surface area (Å²) in [5.74, 6) is -0.964. The minimum absolute atomic E-state index is 0.487. The molecule has 0 radical (unpaired) electrons. The van der Waals surface area contributed by atoms with Crippen LogP contribution < -0.4 is 10.1 Å². The third kappa shape index (κ3) is 4.38. The minimum Gasteiger partial charge on any atom is -0.496 e. The fourth-order valence-corrected chi connectivity index (χ4v) is 1.78. The molecule has 1 aromatic carbocycles. The maximum Gasteiger partial charge on any atom is 0.328 e. The Labute approximate surface area is 125 Å². The smallest absolute Gasteiger partial charge is 0.328 e. The Kier molecular flexibility index (Phi) is 5.33. The summed E-state index contributed by atoms with van der Waals surface area (Å²) in [5.41, 5.74) is -0.604. The van der Waals surface area contributed by atoms with Crippen molar-refractivity contribution in [3.05, 3.63) is 34.3 Å². The first-order valence-corrected chi connectivity index (χ1v) is 6.62.